The predicted molar refractivity (Wildman–Crippen MR) is 60.0 cm³/mol. The molecule has 0 aliphatic rings. The smallest absolute Gasteiger partial charge is 0.294 e. The van der Waals surface area contributed by atoms with E-state index in [2.05, 4.69) is 22.4 Å². The lowest BCUT2D eigenvalue weighted by Gasteiger charge is -1.97. The summed E-state index contributed by atoms with van der Waals surface area (Å²) >= 11 is 0. The topological polar surface area (TPSA) is 38.1 Å². The van der Waals surface area contributed by atoms with Crippen molar-refractivity contribution in [1.29, 1.82) is 0 Å². The van der Waals surface area contributed by atoms with Crippen LogP contribution in [-0.2, 0) is 6.42 Å². The Morgan fingerprint density at radius 2 is 2.00 bits per heavy atom. The van der Waals surface area contributed by atoms with Crippen LogP contribution in [0.25, 0.3) is 0 Å². The molecule has 0 saturated heterocycles. The summed E-state index contributed by atoms with van der Waals surface area (Å²) in [5.74, 6) is 0.878. The molecule has 3 nitrogen and oxygen atoms in total. The number of hydrogen-bond donors (Lipinski definition) is 1. The number of nitrogens with one attached hydrogen (secondary N) is 1. The van der Waals surface area contributed by atoms with Gasteiger partial charge in [-0.25, -0.2) is 0 Å². The average molecular weight is 202 g/mol. The first-order chi connectivity index (χ1) is 7.29. The van der Waals surface area contributed by atoms with Crippen molar-refractivity contribution in [1.82, 2.24) is 4.98 Å². The second kappa shape index (κ2) is 4.17. The van der Waals surface area contributed by atoms with Crippen LogP contribution in [-0.4, -0.2) is 12.0 Å². The Labute approximate surface area is 89.1 Å². The van der Waals surface area contributed by atoms with E-state index >= 15 is 0 Å². The van der Waals surface area contributed by atoms with Gasteiger partial charge in [-0.15, -0.1) is 0 Å². The van der Waals surface area contributed by atoms with Crippen LogP contribution in [0.4, 0.5) is 6.01 Å². The second-order valence-corrected chi connectivity index (χ2v) is 3.43. The molecule has 1 heterocycles. The molecule has 15 heavy (non-hydrogen) atoms. The molecule has 0 saturated carbocycles. The zero-order valence-electron chi connectivity index (χ0n) is 8.95. The van der Waals surface area contributed by atoms with Gasteiger partial charge in [0.05, 0.1) is 5.69 Å². The number of oxazole rings is 1. The van der Waals surface area contributed by atoms with Crippen molar-refractivity contribution in [2.24, 2.45) is 0 Å². The van der Waals surface area contributed by atoms with E-state index < -0.39 is 0 Å². The van der Waals surface area contributed by atoms with Gasteiger partial charge in [0.2, 0.25) is 0 Å². The lowest BCUT2D eigenvalue weighted by atomic mass is 10.1. The number of hydrogen-bond acceptors (Lipinski definition) is 3. The summed E-state index contributed by atoms with van der Waals surface area (Å²) in [6.45, 7) is 1.94. The molecule has 0 aliphatic carbocycles. The Bertz CT molecular complexity index is 434. The van der Waals surface area contributed by atoms with Crippen molar-refractivity contribution in [3.05, 3.63) is 47.3 Å². The molecule has 0 bridgehead atoms. The van der Waals surface area contributed by atoms with E-state index in [1.165, 1.54) is 5.56 Å². The van der Waals surface area contributed by atoms with Gasteiger partial charge in [-0.1, -0.05) is 30.3 Å². The molecular formula is C12H14N2O. The highest BCUT2D eigenvalue weighted by atomic mass is 16.4. The molecule has 0 fully saturated rings. The average Bonchev–Trinajstić information content (AvgIpc) is 2.61. The van der Waals surface area contributed by atoms with E-state index in [4.69, 9.17) is 4.42 Å². The SMILES string of the molecule is CNc1nc(Cc2ccccc2)c(C)o1. The summed E-state index contributed by atoms with van der Waals surface area (Å²) in [7, 11) is 1.80. The number of anilines is 1. The molecule has 1 aromatic heterocycles. The van der Waals surface area contributed by atoms with Gasteiger partial charge in [0.15, 0.2) is 0 Å². The third kappa shape index (κ3) is 2.18. The van der Waals surface area contributed by atoms with Crippen molar-refractivity contribution >= 4 is 6.01 Å². The largest absolute Gasteiger partial charge is 0.429 e. The molecular weight excluding hydrogens is 188 g/mol. The molecule has 2 rings (SSSR count). The maximum absolute atomic E-state index is 5.41. The van der Waals surface area contributed by atoms with Gasteiger partial charge in [0.25, 0.3) is 6.01 Å². The highest BCUT2D eigenvalue weighted by molar-refractivity contribution is 5.28. The van der Waals surface area contributed by atoms with Crippen LogP contribution in [0, 0.1) is 6.92 Å². The third-order valence-corrected chi connectivity index (χ3v) is 2.32. The third-order valence-electron chi connectivity index (χ3n) is 2.32. The monoisotopic (exact) mass is 202 g/mol. The fourth-order valence-corrected chi connectivity index (χ4v) is 1.49. The molecule has 1 N–H and O–H groups in total. The van der Waals surface area contributed by atoms with Gasteiger partial charge < -0.3 is 9.73 Å². The van der Waals surface area contributed by atoms with Gasteiger partial charge in [-0.2, -0.15) is 4.98 Å². The van der Waals surface area contributed by atoms with Crippen molar-refractivity contribution in [3.8, 4) is 0 Å². The quantitative estimate of drug-likeness (QED) is 0.831. The fourth-order valence-electron chi connectivity index (χ4n) is 1.49. The first-order valence-electron chi connectivity index (χ1n) is 4.97. The number of aromatic nitrogens is 1. The first kappa shape index (κ1) is 9.77. The van der Waals surface area contributed by atoms with E-state index in [0.29, 0.717) is 6.01 Å². The predicted octanol–water partition coefficient (Wildman–Crippen LogP) is 2.62. The first-order valence-corrected chi connectivity index (χ1v) is 4.97. The molecule has 3 heteroatoms. The molecule has 0 aliphatic heterocycles. The van der Waals surface area contributed by atoms with Gasteiger partial charge in [0.1, 0.15) is 5.76 Å². The normalized spacial score (nSPS) is 10.3. The van der Waals surface area contributed by atoms with Crippen LogP contribution < -0.4 is 5.32 Å². The lowest BCUT2D eigenvalue weighted by molar-refractivity contribution is 0.541. The minimum absolute atomic E-state index is 0.582. The molecule has 0 atom stereocenters. The second-order valence-electron chi connectivity index (χ2n) is 3.43. The Morgan fingerprint density at radius 3 is 2.60 bits per heavy atom. The zero-order valence-corrected chi connectivity index (χ0v) is 8.95. The van der Waals surface area contributed by atoms with Gasteiger partial charge in [-0.05, 0) is 12.5 Å². The summed E-state index contributed by atoms with van der Waals surface area (Å²) in [6, 6.07) is 10.8. The summed E-state index contributed by atoms with van der Waals surface area (Å²) < 4.78 is 5.41. The Kier molecular flexibility index (Phi) is 2.72. The van der Waals surface area contributed by atoms with Crippen LogP contribution in [0.1, 0.15) is 17.0 Å². The molecule has 0 radical (unpaired) electrons. The van der Waals surface area contributed by atoms with Crippen LogP contribution in [0.3, 0.4) is 0 Å². The summed E-state index contributed by atoms with van der Waals surface area (Å²) in [6.07, 6.45) is 0.817. The molecule has 1 aromatic carbocycles. The minimum Gasteiger partial charge on any atom is -0.429 e. The Hall–Kier alpha value is -1.77. The van der Waals surface area contributed by atoms with Crippen molar-refractivity contribution in [2.45, 2.75) is 13.3 Å². The van der Waals surface area contributed by atoms with Crippen molar-refractivity contribution < 1.29 is 4.42 Å². The fraction of sp³-hybridized carbons (Fsp3) is 0.250. The van der Waals surface area contributed by atoms with Gasteiger partial charge >= 0.3 is 0 Å². The maximum Gasteiger partial charge on any atom is 0.294 e. The molecule has 0 spiro atoms. The standard InChI is InChI=1S/C12H14N2O/c1-9-11(14-12(13-2)15-9)8-10-6-4-3-5-7-10/h3-7H,8H2,1-2H3,(H,13,14). The molecule has 78 valence electrons. The van der Waals surface area contributed by atoms with E-state index in [1.54, 1.807) is 7.05 Å². The van der Waals surface area contributed by atoms with Gasteiger partial charge in [-0.3, -0.25) is 0 Å². The Balaban J connectivity index is 2.21. The van der Waals surface area contributed by atoms with Crippen LogP contribution in [0.5, 0.6) is 0 Å². The summed E-state index contributed by atoms with van der Waals surface area (Å²) in [5.41, 5.74) is 2.24. The highest BCUT2D eigenvalue weighted by Crippen LogP contribution is 2.16. The Morgan fingerprint density at radius 1 is 1.27 bits per heavy atom. The number of nitrogens with zero attached hydrogens (tertiary/aromatic N) is 1. The maximum atomic E-state index is 5.41. The van der Waals surface area contributed by atoms with E-state index in [0.717, 1.165) is 17.9 Å². The molecule has 2 aromatic rings. The highest BCUT2D eigenvalue weighted by Gasteiger charge is 2.08. The summed E-state index contributed by atoms with van der Waals surface area (Å²) in [4.78, 5) is 4.35. The van der Waals surface area contributed by atoms with Gasteiger partial charge in [0, 0.05) is 13.5 Å². The lowest BCUT2D eigenvalue weighted by Crippen LogP contribution is -1.91. The minimum atomic E-state index is 0.582. The van der Waals surface area contributed by atoms with Crippen molar-refractivity contribution in [2.75, 3.05) is 12.4 Å². The zero-order chi connectivity index (χ0) is 10.7. The van der Waals surface area contributed by atoms with E-state index in [9.17, 15) is 0 Å². The number of rotatable bonds is 3. The van der Waals surface area contributed by atoms with Crippen molar-refractivity contribution in [3.63, 3.8) is 0 Å². The number of benzene rings is 1. The van der Waals surface area contributed by atoms with Crippen LogP contribution >= 0.6 is 0 Å². The summed E-state index contributed by atoms with van der Waals surface area (Å²) in [5, 5.41) is 2.90. The molecule has 0 amide bonds. The van der Waals surface area contributed by atoms with E-state index in [-0.39, 0.29) is 0 Å². The van der Waals surface area contributed by atoms with E-state index in [1.807, 2.05) is 25.1 Å². The van der Waals surface area contributed by atoms with Crippen LogP contribution in [0.2, 0.25) is 0 Å². The molecule has 0 unspecified atom stereocenters. The van der Waals surface area contributed by atoms with Crippen LogP contribution in [0.15, 0.2) is 34.7 Å². The number of aryl methyl sites for hydroxylation is 1.